The van der Waals surface area contributed by atoms with E-state index in [1.807, 2.05) is 11.8 Å². The molecule has 0 amide bonds. The molecular formula is C13H30N2S. The van der Waals surface area contributed by atoms with E-state index in [4.69, 9.17) is 5.84 Å². The number of hydrogen-bond acceptors (Lipinski definition) is 3. The van der Waals surface area contributed by atoms with Gasteiger partial charge in [-0.2, -0.15) is 11.8 Å². The van der Waals surface area contributed by atoms with Crippen molar-refractivity contribution in [3.8, 4) is 0 Å². The highest BCUT2D eigenvalue weighted by atomic mass is 32.2. The van der Waals surface area contributed by atoms with Crippen molar-refractivity contribution in [3.05, 3.63) is 0 Å². The van der Waals surface area contributed by atoms with Crippen LogP contribution >= 0.6 is 11.8 Å². The molecule has 0 aliphatic heterocycles. The van der Waals surface area contributed by atoms with Crippen LogP contribution in [0.25, 0.3) is 0 Å². The van der Waals surface area contributed by atoms with Gasteiger partial charge in [-0.3, -0.25) is 11.3 Å². The van der Waals surface area contributed by atoms with Crippen molar-refractivity contribution in [3.63, 3.8) is 0 Å². The molecule has 0 heterocycles. The maximum atomic E-state index is 5.63. The van der Waals surface area contributed by atoms with Gasteiger partial charge in [0.15, 0.2) is 0 Å². The molecule has 3 heteroatoms. The molecule has 0 aliphatic rings. The van der Waals surface area contributed by atoms with Gasteiger partial charge in [-0.15, -0.1) is 0 Å². The molecular weight excluding hydrogens is 216 g/mol. The van der Waals surface area contributed by atoms with Gasteiger partial charge in [0.1, 0.15) is 0 Å². The topological polar surface area (TPSA) is 38.0 Å². The number of nitrogens with one attached hydrogen (secondary N) is 1. The maximum Gasteiger partial charge on any atom is 0.0303 e. The first-order valence-corrected chi connectivity index (χ1v) is 7.76. The lowest BCUT2D eigenvalue weighted by molar-refractivity contribution is 0.367. The third-order valence-corrected chi connectivity index (χ3v) is 4.29. The minimum atomic E-state index is 0.481. The summed E-state index contributed by atoms with van der Waals surface area (Å²) in [5.41, 5.74) is 2.98. The van der Waals surface area contributed by atoms with Crippen LogP contribution in [0.5, 0.6) is 0 Å². The Kier molecular flexibility index (Phi) is 10.6. The molecule has 0 rings (SSSR count). The Labute approximate surface area is 106 Å². The van der Waals surface area contributed by atoms with Gasteiger partial charge in [-0.1, -0.05) is 53.4 Å². The van der Waals surface area contributed by atoms with E-state index in [1.54, 1.807) is 0 Å². The zero-order valence-electron chi connectivity index (χ0n) is 11.5. The van der Waals surface area contributed by atoms with E-state index in [-0.39, 0.29) is 0 Å². The van der Waals surface area contributed by atoms with Gasteiger partial charge in [-0.05, 0) is 17.6 Å². The predicted molar refractivity (Wildman–Crippen MR) is 76.6 cm³/mol. The Morgan fingerprint density at radius 2 is 1.94 bits per heavy atom. The van der Waals surface area contributed by atoms with Crippen LogP contribution in [0.1, 0.15) is 59.8 Å². The van der Waals surface area contributed by atoms with Crippen LogP contribution in [0.3, 0.4) is 0 Å². The summed E-state index contributed by atoms with van der Waals surface area (Å²) in [4.78, 5) is 0. The summed E-state index contributed by atoms with van der Waals surface area (Å²) in [5, 5.41) is 0.701. The molecule has 0 aromatic rings. The highest BCUT2D eigenvalue weighted by Gasteiger charge is 2.14. The molecule has 16 heavy (non-hydrogen) atoms. The fourth-order valence-corrected chi connectivity index (χ4v) is 2.73. The van der Waals surface area contributed by atoms with Crippen molar-refractivity contribution >= 4 is 11.8 Å². The lowest BCUT2D eigenvalue weighted by atomic mass is 9.93. The summed E-state index contributed by atoms with van der Waals surface area (Å²) in [5.74, 6) is 7.60. The number of rotatable bonds is 10. The van der Waals surface area contributed by atoms with Gasteiger partial charge >= 0.3 is 0 Å². The SMILES string of the molecule is CCCCC(CC)CC(CSC(C)C)NN. The quantitative estimate of drug-likeness (QED) is 0.457. The second-order valence-electron chi connectivity index (χ2n) is 4.90. The molecule has 0 saturated heterocycles. The number of unbranched alkanes of at least 4 members (excludes halogenated alkanes) is 1. The van der Waals surface area contributed by atoms with Crippen molar-refractivity contribution in [2.45, 2.75) is 71.1 Å². The van der Waals surface area contributed by atoms with Crippen LogP contribution in [-0.4, -0.2) is 17.0 Å². The number of thioether (sulfide) groups is 1. The van der Waals surface area contributed by atoms with E-state index >= 15 is 0 Å². The van der Waals surface area contributed by atoms with Crippen LogP contribution in [0.4, 0.5) is 0 Å². The van der Waals surface area contributed by atoms with Crippen LogP contribution in [0.2, 0.25) is 0 Å². The summed E-state index contributed by atoms with van der Waals surface area (Å²) in [6.07, 6.45) is 6.53. The molecule has 0 aliphatic carbocycles. The van der Waals surface area contributed by atoms with Gasteiger partial charge in [0, 0.05) is 11.8 Å². The molecule has 3 N–H and O–H groups in total. The van der Waals surface area contributed by atoms with E-state index in [0.29, 0.717) is 11.3 Å². The first-order valence-electron chi connectivity index (χ1n) is 6.71. The largest absolute Gasteiger partial charge is 0.271 e. The summed E-state index contributed by atoms with van der Waals surface area (Å²) in [6.45, 7) is 9.04. The van der Waals surface area contributed by atoms with Gasteiger partial charge < -0.3 is 0 Å². The van der Waals surface area contributed by atoms with Gasteiger partial charge in [0.25, 0.3) is 0 Å². The second-order valence-corrected chi connectivity index (χ2v) is 6.51. The Balaban J connectivity index is 3.86. The fraction of sp³-hybridized carbons (Fsp3) is 1.00. The van der Waals surface area contributed by atoms with Crippen LogP contribution in [0, 0.1) is 5.92 Å². The third kappa shape index (κ3) is 8.43. The molecule has 0 fully saturated rings. The van der Waals surface area contributed by atoms with Crippen LogP contribution in [-0.2, 0) is 0 Å². The minimum absolute atomic E-state index is 0.481. The lowest BCUT2D eigenvalue weighted by Crippen LogP contribution is -2.38. The summed E-state index contributed by atoms with van der Waals surface area (Å²) in [6, 6.07) is 0.481. The second kappa shape index (κ2) is 10.4. The monoisotopic (exact) mass is 246 g/mol. The van der Waals surface area contributed by atoms with E-state index in [1.165, 1.54) is 32.1 Å². The fourth-order valence-electron chi connectivity index (χ4n) is 1.88. The highest BCUT2D eigenvalue weighted by Crippen LogP contribution is 2.21. The average Bonchev–Trinajstić information content (AvgIpc) is 2.28. The first kappa shape index (κ1) is 16.3. The van der Waals surface area contributed by atoms with Crippen molar-refractivity contribution in [1.29, 1.82) is 0 Å². The van der Waals surface area contributed by atoms with Crippen molar-refractivity contribution in [2.24, 2.45) is 11.8 Å². The third-order valence-electron chi connectivity index (χ3n) is 3.03. The average molecular weight is 246 g/mol. The van der Waals surface area contributed by atoms with Crippen molar-refractivity contribution in [1.82, 2.24) is 5.43 Å². The molecule has 0 spiro atoms. The van der Waals surface area contributed by atoms with E-state index < -0.39 is 0 Å². The molecule has 0 aromatic heterocycles. The molecule has 0 bridgehead atoms. The van der Waals surface area contributed by atoms with Gasteiger partial charge in [-0.25, -0.2) is 0 Å². The standard InChI is InChI=1S/C13H30N2S/c1-5-7-8-12(6-2)9-13(15-14)10-16-11(3)4/h11-13,15H,5-10,14H2,1-4H3. The van der Waals surface area contributed by atoms with E-state index in [0.717, 1.165) is 11.7 Å². The number of hydrogen-bond donors (Lipinski definition) is 2. The van der Waals surface area contributed by atoms with E-state index in [9.17, 15) is 0 Å². The zero-order valence-corrected chi connectivity index (χ0v) is 12.3. The highest BCUT2D eigenvalue weighted by molar-refractivity contribution is 7.99. The van der Waals surface area contributed by atoms with Gasteiger partial charge in [0.2, 0.25) is 0 Å². The number of nitrogens with two attached hydrogens (primary N) is 1. The molecule has 2 atom stereocenters. The minimum Gasteiger partial charge on any atom is -0.271 e. The van der Waals surface area contributed by atoms with Crippen LogP contribution < -0.4 is 11.3 Å². The Morgan fingerprint density at radius 3 is 2.38 bits per heavy atom. The molecule has 98 valence electrons. The summed E-state index contributed by atoms with van der Waals surface area (Å²) >= 11 is 2.00. The Hall–Kier alpha value is 0.270. The normalized spacial score (nSPS) is 15.4. The van der Waals surface area contributed by atoms with Crippen LogP contribution in [0.15, 0.2) is 0 Å². The van der Waals surface area contributed by atoms with Crippen molar-refractivity contribution < 1.29 is 0 Å². The lowest BCUT2D eigenvalue weighted by Gasteiger charge is -2.22. The predicted octanol–water partition coefficient (Wildman–Crippen LogP) is 3.57. The summed E-state index contributed by atoms with van der Waals surface area (Å²) < 4.78 is 0. The van der Waals surface area contributed by atoms with Crippen molar-refractivity contribution in [2.75, 3.05) is 5.75 Å². The maximum absolute atomic E-state index is 5.63. The zero-order chi connectivity index (χ0) is 12.4. The first-order chi connectivity index (χ1) is 7.63. The van der Waals surface area contributed by atoms with Gasteiger partial charge in [0.05, 0.1) is 0 Å². The smallest absolute Gasteiger partial charge is 0.0303 e. The Bertz CT molecular complexity index is 151. The Morgan fingerprint density at radius 1 is 1.25 bits per heavy atom. The molecule has 0 saturated carbocycles. The molecule has 0 radical (unpaired) electrons. The number of hydrazine groups is 1. The molecule has 0 aromatic carbocycles. The summed E-state index contributed by atoms with van der Waals surface area (Å²) in [7, 11) is 0. The van der Waals surface area contributed by atoms with E-state index in [2.05, 4.69) is 33.1 Å². The molecule has 2 unspecified atom stereocenters. The molecule has 2 nitrogen and oxygen atoms in total.